The van der Waals surface area contributed by atoms with Crippen molar-refractivity contribution in [3.8, 4) is 11.3 Å². The highest BCUT2D eigenvalue weighted by Gasteiger charge is 2.31. The highest BCUT2D eigenvalue weighted by atomic mass is 19.1. The van der Waals surface area contributed by atoms with E-state index in [0.717, 1.165) is 39.1 Å². The normalized spacial score (nSPS) is 20.4. The number of hydrogen-bond donors (Lipinski definition) is 1. The topological polar surface area (TPSA) is 105 Å². The van der Waals surface area contributed by atoms with Crippen LogP contribution in [0.3, 0.4) is 0 Å². The molecule has 6 heterocycles. The first-order valence-corrected chi connectivity index (χ1v) is 12.6. The summed E-state index contributed by atoms with van der Waals surface area (Å²) in [6.07, 6.45) is 5.15. The molecular formula is C24H31FN8O3. The number of nitrogens with one attached hydrogen (secondary N) is 1. The third-order valence-corrected chi connectivity index (χ3v) is 7.37. The van der Waals surface area contributed by atoms with Crippen LogP contribution in [-0.4, -0.2) is 112 Å². The van der Waals surface area contributed by atoms with Crippen molar-refractivity contribution in [2.75, 3.05) is 70.6 Å². The molecule has 1 amide bonds. The summed E-state index contributed by atoms with van der Waals surface area (Å²) in [5.41, 5.74) is 1.87. The molecule has 1 N–H and O–H groups in total. The molecule has 0 aliphatic carbocycles. The van der Waals surface area contributed by atoms with Crippen molar-refractivity contribution in [3.63, 3.8) is 0 Å². The van der Waals surface area contributed by atoms with Gasteiger partial charge in [0.15, 0.2) is 17.3 Å². The number of amides is 1. The molecule has 192 valence electrons. The fourth-order valence-electron chi connectivity index (χ4n) is 5.43. The van der Waals surface area contributed by atoms with E-state index >= 15 is 4.39 Å². The number of carbonyl (C=O) groups excluding carboxylic acids is 1. The lowest BCUT2D eigenvalue weighted by Crippen LogP contribution is -2.50. The van der Waals surface area contributed by atoms with E-state index in [2.05, 4.69) is 25.0 Å². The summed E-state index contributed by atoms with van der Waals surface area (Å²) >= 11 is 0. The minimum atomic E-state index is -0.464. The van der Waals surface area contributed by atoms with Gasteiger partial charge in [-0.2, -0.15) is 5.10 Å². The first-order valence-electron chi connectivity index (χ1n) is 12.6. The molecule has 3 aliphatic heterocycles. The predicted octanol–water partition coefficient (Wildman–Crippen LogP) is 1.27. The number of carbonyl (C=O) groups is 1. The number of morpholine rings is 2. The third-order valence-electron chi connectivity index (χ3n) is 7.37. The smallest absolute Gasteiger partial charge is 0.289 e. The number of halogens is 1. The Morgan fingerprint density at radius 2 is 1.72 bits per heavy atom. The van der Waals surface area contributed by atoms with Gasteiger partial charge in [0.05, 0.1) is 32.6 Å². The number of H-pyrrole nitrogens is 1. The molecular weight excluding hydrogens is 467 g/mol. The van der Waals surface area contributed by atoms with Gasteiger partial charge < -0.3 is 24.3 Å². The van der Waals surface area contributed by atoms with Crippen molar-refractivity contribution in [2.45, 2.75) is 18.9 Å². The number of aromatic nitrogens is 5. The Bertz CT molecular complexity index is 1240. The van der Waals surface area contributed by atoms with Gasteiger partial charge in [-0.3, -0.25) is 14.4 Å². The molecule has 0 atom stereocenters. The van der Waals surface area contributed by atoms with Crippen LogP contribution in [0.15, 0.2) is 12.4 Å². The van der Waals surface area contributed by atoms with E-state index < -0.39 is 5.82 Å². The predicted molar refractivity (Wildman–Crippen MR) is 130 cm³/mol. The zero-order valence-corrected chi connectivity index (χ0v) is 20.5. The molecule has 3 aliphatic rings. The monoisotopic (exact) mass is 498 g/mol. The first kappa shape index (κ1) is 23.3. The number of aromatic amines is 1. The molecule has 36 heavy (non-hydrogen) atoms. The number of fused-ring (bicyclic) bond motifs is 1. The lowest BCUT2D eigenvalue weighted by atomic mass is 10.0. The molecule has 3 saturated heterocycles. The zero-order valence-electron chi connectivity index (χ0n) is 20.5. The van der Waals surface area contributed by atoms with Crippen molar-refractivity contribution in [3.05, 3.63) is 24.0 Å². The van der Waals surface area contributed by atoms with Crippen LogP contribution in [0.1, 0.15) is 23.5 Å². The van der Waals surface area contributed by atoms with Crippen LogP contribution in [0.5, 0.6) is 0 Å². The fraction of sp³-hybridized carbons (Fsp3) is 0.583. The van der Waals surface area contributed by atoms with E-state index in [4.69, 9.17) is 9.47 Å². The van der Waals surface area contributed by atoms with E-state index in [1.807, 2.05) is 9.80 Å². The average Bonchev–Trinajstić information content (AvgIpc) is 3.55. The number of anilines is 1. The highest BCUT2D eigenvalue weighted by Crippen LogP contribution is 2.34. The number of likely N-dealkylation sites (tertiary alicyclic amines) is 1. The Morgan fingerprint density at radius 3 is 2.39 bits per heavy atom. The van der Waals surface area contributed by atoms with Crippen molar-refractivity contribution in [1.29, 1.82) is 0 Å². The highest BCUT2D eigenvalue weighted by molar-refractivity contribution is 5.97. The summed E-state index contributed by atoms with van der Waals surface area (Å²) in [5.74, 6) is -0.446. The maximum absolute atomic E-state index is 15.9. The summed E-state index contributed by atoms with van der Waals surface area (Å²) in [7, 11) is 1.78. The Kier molecular flexibility index (Phi) is 6.32. The Labute approximate surface area is 208 Å². The van der Waals surface area contributed by atoms with Crippen LogP contribution in [0, 0.1) is 5.82 Å². The average molecular weight is 499 g/mol. The molecule has 0 spiro atoms. The van der Waals surface area contributed by atoms with Crippen molar-refractivity contribution in [2.24, 2.45) is 7.05 Å². The van der Waals surface area contributed by atoms with Gasteiger partial charge in [-0.1, -0.05) is 0 Å². The van der Waals surface area contributed by atoms with Gasteiger partial charge >= 0.3 is 0 Å². The minimum Gasteiger partial charge on any atom is -0.379 e. The fourth-order valence-corrected chi connectivity index (χ4v) is 5.43. The number of piperidine rings is 1. The van der Waals surface area contributed by atoms with Gasteiger partial charge in [0.25, 0.3) is 5.91 Å². The first-order chi connectivity index (χ1) is 17.6. The molecule has 3 fully saturated rings. The van der Waals surface area contributed by atoms with Gasteiger partial charge in [-0.15, -0.1) is 0 Å². The Balaban J connectivity index is 1.30. The number of ether oxygens (including phenoxy) is 2. The van der Waals surface area contributed by atoms with Crippen molar-refractivity contribution >= 4 is 22.8 Å². The second kappa shape index (κ2) is 9.75. The molecule has 12 heteroatoms. The van der Waals surface area contributed by atoms with Gasteiger partial charge in [0.2, 0.25) is 0 Å². The summed E-state index contributed by atoms with van der Waals surface area (Å²) < 4.78 is 28.5. The standard InChI is InChI=1S/C24H31FN8O3/c1-30-15-16(14-26-30)19-18(25)21(32-8-12-36-13-9-32)20-22(27-19)29-23(28-20)24(34)33-4-2-17(3-5-33)31-6-10-35-11-7-31/h14-15,17H,2-13H2,1H3,(H,27,28,29). The third kappa shape index (κ3) is 4.33. The van der Waals surface area contributed by atoms with Crippen LogP contribution in [0.25, 0.3) is 22.4 Å². The number of hydrogen-bond acceptors (Lipinski definition) is 8. The van der Waals surface area contributed by atoms with Crippen molar-refractivity contribution in [1.82, 2.24) is 34.5 Å². The van der Waals surface area contributed by atoms with Gasteiger partial charge in [-0.05, 0) is 12.8 Å². The van der Waals surface area contributed by atoms with E-state index in [1.165, 1.54) is 0 Å². The van der Waals surface area contributed by atoms with Gasteiger partial charge in [0.1, 0.15) is 16.9 Å². The molecule has 0 unspecified atom stereocenters. The van der Waals surface area contributed by atoms with Crippen LogP contribution in [-0.2, 0) is 16.5 Å². The second-order valence-corrected chi connectivity index (χ2v) is 9.58. The molecule has 3 aromatic rings. The number of rotatable bonds is 4. The maximum atomic E-state index is 15.9. The molecule has 0 radical (unpaired) electrons. The Hall–Kier alpha value is -3.09. The number of nitrogens with zero attached hydrogens (tertiary/aromatic N) is 7. The van der Waals surface area contributed by atoms with Crippen LogP contribution < -0.4 is 4.90 Å². The summed E-state index contributed by atoms with van der Waals surface area (Å²) in [5, 5.41) is 4.17. The maximum Gasteiger partial charge on any atom is 0.289 e. The van der Waals surface area contributed by atoms with Crippen LogP contribution >= 0.6 is 0 Å². The Morgan fingerprint density at radius 1 is 1.03 bits per heavy atom. The minimum absolute atomic E-state index is 0.176. The van der Waals surface area contributed by atoms with E-state index in [-0.39, 0.29) is 17.4 Å². The molecule has 0 bridgehead atoms. The number of aryl methyl sites for hydroxylation is 1. The summed E-state index contributed by atoms with van der Waals surface area (Å²) in [6.45, 7) is 6.84. The summed E-state index contributed by atoms with van der Waals surface area (Å²) in [6, 6.07) is 0.472. The molecule has 0 aromatic carbocycles. The largest absolute Gasteiger partial charge is 0.379 e. The number of pyridine rings is 1. The van der Waals surface area contributed by atoms with Crippen molar-refractivity contribution < 1.29 is 18.7 Å². The van der Waals surface area contributed by atoms with E-state index in [0.29, 0.717) is 67.8 Å². The second-order valence-electron chi connectivity index (χ2n) is 9.58. The number of imidazole rings is 1. The van der Waals surface area contributed by atoms with E-state index in [9.17, 15) is 4.79 Å². The SMILES string of the molecule is Cn1cc(-c2nc3[nH]c(C(=O)N4CCC(N5CCOCC5)CC4)nc3c(N3CCOCC3)c2F)cn1. The molecule has 0 saturated carbocycles. The molecule has 11 nitrogen and oxygen atoms in total. The molecule has 3 aromatic heterocycles. The van der Waals surface area contributed by atoms with E-state index in [1.54, 1.807) is 24.1 Å². The summed E-state index contributed by atoms with van der Waals surface area (Å²) in [4.78, 5) is 31.9. The van der Waals surface area contributed by atoms with Crippen LogP contribution in [0.4, 0.5) is 10.1 Å². The van der Waals surface area contributed by atoms with Gasteiger partial charge in [-0.25, -0.2) is 14.4 Å². The quantitative estimate of drug-likeness (QED) is 0.574. The molecule has 6 rings (SSSR count). The van der Waals surface area contributed by atoms with Crippen LogP contribution in [0.2, 0.25) is 0 Å². The van der Waals surface area contributed by atoms with Gasteiger partial charge in [0, 0.05) is 64.1 Å². The lowest BCUT2D eigenvalue weighted by Gasteiger charge is -2.39. The zero-order chi connectivity index (χ0) is 24.6. The lowest BCUT2D eigenvalue weighted by molar-refractivity contribution is 0.00147.